The first kappa shape index (κ1) is 14.7. The molecule has 2 aromatic heterocycles. The maximum atomic E-state index is 12.3. The highest BCUT2D eigenvalue weighted by Gasteiger charge is 2.19. The van der Waals surface area contributed by atoms with Crippen LogP contribution in [0, 0.1) is 20.8 Å². The predicted molar refractivity (Wildman–Crippen MR) is 80.5 cm³/mol. The van der Waals surface area contributed by atoms with Crippen molar-refractivity contribution in [3.05, 3.63) is 33.7 Å². The van der Waals surface area contributed by atoms with Crippen molar-refractivity contribution in [3.63, 3.8) is 0 Å². The Bertz CT molecular complexity index is 630. The molecule has 2 heterocycles. The van der Waals surface area contributed by atoms with E-state index in [1.54, 1.807) is 6.92 Å². The molecule has 1 atom stereocenters. The number of furan rings is 1. The van der Waals surface area contributed by atoms with Gasteiger partial charge < -0.3 is 9.73 Å². The Kier molecular flexibility index (Phi) is 4.25. The lowest BCUT2D eigenvalue weighted by molar-refractivity contribution is 0.102. The lowest BCUT2D eigenvalue weighted by Gasteiger charge is -2.05. The number of thiazole rings is 1. The summed E-state index contributed by atoms with van der Waals surface area (Å²) in [5.41, 5.74) is 2.39. The molecule has 2 aromatic rings. The summed E-state index contributed by atoms with van der Waals surface area (Å²) in [5.74, 6) is 1.24. The van der Waals surface area contributed by atoms with Crippen LogP contribution in [0.2, 0.25) is 0 Å². The highest BCUT2D eigenvalue weighted by atomic mass is 32.1. The maximum absolute atomic E-state index is 12.3. The van der Waals surface area contributed by atoms with Crippen LogP contribution in [-0.4, -0.2) is 17.9 Å². The van der Waals surface area contributed by atoms with E-state index in [1.807, 2.05) is 33.2 Å². The van der Waals surface area contributed by atoms with Crippen LogP contribution in [0.1, 0.15) is 46.1 Å². The Morgan fingerprint density at radius 2 is 2.05 bits per heavy atom. The monoisotopic (exact) mass is 293 g/mol. The number of hydrogen-bond donors (Lipinski definition) is 2. The van der Waals surface area contributed by atoms with E-state index in [9.17, 15) is 4.79 Å². The van der Waals surface area contributed by atoms with Gasteiger partial charge in [0.25, 0.3) is 5.91 Å². The molecule has 20 heavy (non-hydrogen) atoms. The number of rotatable bonds is 4. The van der Waals surface area contributed by atoms with Gasteiger partial charge in [-0.25, -0.2) is 4.98 Å². The fraction of sp³-hybridized carbons (Fsp3) is 0.429. The van der Waals surface area contributed by atoms with Crippen molar-refractivity contribution < 1.29 is 9.21 Å². The standard InChI is InChI=1S/C14H19N3O2S/c1-7-9(3)19-10(4)12(7)13(18)17-14-16-11(6-20-14)8(2)15-5/h6,8,15H,1-5H3,(H,16,17,18). The maximum Gasteiger partial charge on any atom is 0.261 e. The first-order valence-electron chi connectivity index (χ1n) is 6.44. The van der Waals surface area contributed by atoms with E-state index >= 15 is 0 Å². The lowest BCUT2D eigenvalue weighted by Crippen LogP contribution is -2.15. The fourth-order valence-corrected chi connectivity index (χ4v) is 2.78. The minimum absolute atomic E-state index is 0.163. The largest absolute Gasteiger partial charge is 0.466 e. The molecule has 0 saturated heterocycles. The molecule has 2 N–H and O–H groups in total. The molecule has 5 nitrogen and oxygen atoms in total. The summed E-state index contributed by atoms with van der Waals surface area (Å²) in [4.78, 5) is 16.7. The highest BCUT2D eigenvalue weighted by molar-refractivity contribution is 7.14. The van der Waals surface area contributed by atoms with Gasteiger partial charge in [0, 0.05) is 17.0 Å². The Labute approximate surface area is 122 Å². The van der Waals surface area contributed by atoms with Crippen LogP contribution >= 0.6 is 11.3 Å². The topological polar surface area (TPSA) is 67.2 Å². The number of anilines is 1. The number of carbonyl (C=O) groups is 1. The predicted octanol–water partition coefficient (Wildman–Crippen LogP) is 3.19. The lowest BCUT2D eigenvalue weighted by atomic mass is 10.1. The van der Waals surface area contributed by atoms with Crippen LogP contribution in [0.4, 0.5) is 5.13 Å². The number of aromatic nitrogens is 1. The summed E-state index contributed by atoms with van der Waals surface area (Å²) in [5, 5.41) is 8.49. The zero-order valence-electron chi connectivity index (χ0n) is 12.3. The van der Waals surface area contributed by atoms with Gasteiger partial charge in [0.15, 0.2) is 5.13 Å². The molecule has 0 radical (unpaired) electrons. The van der Waals surface area contributed by atoms with Gasteiger partial charge in [0.05, 0.1) is 11.3 Å². The van der Waals surface area contributed by atoms with Crippen molar-refractivity contribution in [1.29, 1.82) is 0 Å². The summed E-state index contributed by atoms with van der Waals surface area (Å²) < 4.78 is 5.48. The van der Waals surface area contributed by atoms with Gasteiger partial charge in [-0.2, -0.15) is 0 Å². The van der Waals surface area contributed by atoms with Gasteiger partial charge in [-0.05, 0) is 34.7 Å². The van der Waals surface area contributed by atoms with Gasteiger partial charge in [-0.15, -0.1) is 11.3 Å². The molecule has 0 aromatic carbocycles. The van der Waals surface area contributed by atoms with E-state index < -0.39 is 0 Å². The average Bonchev–Trinajstić information content (AvgIpc) is 2.94. The SMILES string of the molecule is CNC(C)c1csc(NC(=O)c2c(C)oc(C)c2C)n1. The Hall–Kier alpha value is -1.66. The van der Waals surface area contributed by atoms with Crippen LogP contribution < -0.4 is 10.6 Å². The number of aryl methyl sites for hydroxylation is 2. The van der Waals surface area contributed by atoms with Crippen molar-refractivity contribution >= 4 is 22.4 Å². The second-order valence-corrected chi connectivity index (χ2v) is 5.61. The molecule has 0 bridgehead atoms. The molecule has 0 saturated carbocycles. The summed E-state index contributed by atoms with van der Waals surface area (Å²) in [7, 11) is 1.88. The summed E-state index contributed by atoms with van der Waals surface area (Å²) >= 11 is 1.42. The smallest absolute Gasteiger partial charge is 0.261 e. The molecule has 0 spiro atoms. The van der Waals surface area contributed by atoms with Crippen LogP contribution in [0.15, 0.2) is 9.80 Å². The van der Waals surface area contributed by atoms with E-state index in [0.29, 0.717) is 16.5 Å². The van der Waals surface area contributed by atoms with E-state index in [0.717, 1.165) is 17.0 Å². The number of hydrogen-bond acceptors (Lipinski definition) is 5. The Morgan fingerprint density at radius 1 is 1.35 bits per heavy atom. The zero-order valence-corrected chi connectivity index (χ0v) is 13.1. The summed E-state index contributed by atoms with van der Waals surface area (Å²) in [6.45, 7) is 7.56. The summed E-state index contributed by atoms with van der Waals surface area (Å²) in [6, 6.07) is 0.163. The van der Waals surface area contributed by atoms with E-state index in [-0.39, 0.29) is 11.9 Å². The molecule has 6 heteroatoms. The van der Waals surface area contributed by atoms with E-state index in [4.69, 9.17) is 4.42 Å². The molecule has 0 aliphatic rings. The van der Waals surface area contributed by atoms with Crippen molar-refractivity contribution in [2.45, 2.75) is 33.7 Å². The third-order valence-electron chi connectivity index (χ3n) is 3.41. The van der Waals surface area contributed by atoms with Crippen molar-refractivity contribution in [2.75, 3.05) is 12.4 Å². The normalized spacial score (nSPS) is 12.4. The Balaban J connectivity index is 2.17. The minimum Gasteiger partial charge on any atom is -0.466 e. The van der Waals surface area contributed by atoms with Gasteiger partial charge in [0.1, 0.15) is 11.5 Å². The third kappa shape index (κ3) is 2.76. The van der Waals surface area contributed by atoms with E-state index in [2.05, 4.69) is 15.6 Å². The first-order chi connectivity index (χ1) is 9.43. The molecule has 2 rings (SSSR count). The third-order valence-corrected chi connectivity index (χ3v) is 4.18. The number of amides is 1. The summed E-state index contributed by atoms with van der Waals surface area (Å²) in [6.07, 6.45) is 0. The van der Waals surface area contributed by atoms with Gasteiger partial charge in [-0.1, -0.05) is 0 Å². The number of nitrogens with one attached hydrogen (secondary N) is 2. The highest BCUT2D eigenvalue weighted by Crippen LogP contribution is 2.24. The van der Waals surface area contributed by atoms with Crippen molar-refractivity contribution in [2.24, 2.45) is 0 Å². The molecule has 0 aliphatic carbocycles. The number of carbonyl (C=O) groups excluding carboxylic acids is 1. The molecular weight excluding hydrogens is 274 g/mol. The quantitative estimate of drug-likeness (QED) is 0.908. The second-order valence-electron chi connectivity index (χ2n) is 4.76. The molecule has 108 valence electrons. The van der Waals surface area contributed by atoms with E-state index in [1.165, 1.54) is 11.3 Å². The second kappa shape index (κ2) is 5.76. The van der Waals surface area contributed by atoms with Crippen LogP contribution in [0.5, 0.6) is 0 Å². The fourth-order valence-electron chi connectivity index (χ4n) is 1.98. The minimum atomic E-state index is -0.171. The molecule has 1 amide bonds. The van der Waals surface area contributed by atoms with Crippen LogP contribution in [0.25, 0.3) is 0 Å². The molecule has 0 aliphatic heterocycles. The van der Waals surface area contributed by atoms with Crippen molar-refractivity contribution in [3.8, 4) is 0 Å². The molecule has 1 unspecified atom stereocenters. The van der Waals surface area contributed by atoms with Crippen LogP contribution in [-0.2, 0) is 0 Å². The van der Waals surface area contributed by atoms with Crippen LogP contribution in [0.3, 0.4) is 0 Å². The Morgan fingerprint density at radius 3 is 2.60 bits per heavy atom. The zero-order chi connectivity index (χ0) is 14.9. The van der Waals surface area contributed by atoms with Gasteiger partial charge in [0.2, 0.25) is 0 Å². The molecule has 0 fully saturated rings. The van der Waals surface area contributed by atoms with Crippen molar-refractivity contribution in [1.82, 2.24) is 10.3 Å². The first-order valence-corrected chi connectivity index (χ1v) is 7.32. The van der Waals surface area contributed by atoms with Gasteiger partial charge >= 0.3 is 0 Å². The van der Waals surface area contributed by atoms with Gasteiger partial charge in [-0.3, -0.25) is 10.1 Å². The number of nitrogens with zero attached hydrogens (tertiary/aromatic N) is 1. The molecular formula is C14H19N3O2S. The average molecular weight is 293 g/mol.